The highest BCUT2D eigenvalue weighted by atomic mass is 15.0. The predicted molar refractivity (Wildman–Crippen MR) is 65.3 cm³/mol. The number of imidazole rings is 2. The topological polar surface area (TPSA) is 35.6 Å². The van der Waals surface area contributed by atoms with E-state index in [1.165, 1.54) is 5.69 Å². The molecular formula is C12H20N4. The molecule has 0 spiro atoms. The van der Waals surface area contributed by atoms with Gasteiger partial charge in [-0.1, -0.05) is 0 Å². The van der Waals surface area contributed by atoms with Gasteiger partial charge < -0.3 is 9.13 Å². The molecule has 2 aromatic rings. The van der Waals surface area contributed by atoms with Gasteiger partial charge in [-0.25, -0.2) is 9.97 Å². The van der Waals surface area contributed by atoms with Gasteiger partial charge in [-0.15, -0.1) is 0 Å². The molecule has 16 heavy (non-hydrogen) atoms. The average molecular weight is 220 g/mol. The van der Waals surface area contributed by atoms with Gasteiger partial charge in [-0.05, 0) is 27.7 Å². The van der Waals surface area contributed by atoms with Crippen molar-refractivity contribution in [1.29, 1.82) is 0 Å². The molecule has 0 amide bonds. The van der Waals surface area contributed by atoms with Crippen molar-refractivity contribution in [3.8, 4) is 0 Å². The van der Waals surface area contributed by atoms with Crippen molar-refractivity contribution in [2.24, 2.45) is 0 Å². The van der Waals surface area contributed by atoms with Crippen molar-refractivity contribution in [3.63, 3.8) is 0 Å². The van der Waals surface area contributed by atoms with E-state index in [1.807, 2.05) is 32.0 Å². The second-order valence-electron chi connectivity index (χ2n) is 3.67. The van der Waals surface area contributed by atoms with Gasteiger partial charge in [0.25, 0.3) is 0 Å². The monoisotopic (exact) mass is 220 g/mol. The van der Waals surface area contributed by atoms with Gasteiger partial charge in [0, 0.05) is 31.2 Å². The van der Waals surface area contributed by atoms with E-state index in [0.29, 0.717) is 0 Å². The van der Waals surface area contributed by atoms with E-state index in [4.69, 9.17) is 0 Å². The highest BCUT2D eigenvalue weighted by Gasteiger charge is 1.88. The van der Waals surface area contributed by atoms with Crippen LogP contribution < -0.4 is 0 Å². The molecule has 2 rings (SSSR count). The maximum atomic E-state index is 4.05. The van der Waals surface area contributed by atoms with Crippen LogP contribution in [0.1, 0.15) is 25.2 Å². The molecule has 2 aromatic heterocycles. The molecule has 0 aliphatic rings. The zero-order chi connectivity index (χ0) is 12.0. The Hall–Kier alpha value is -1.58. The number of nitrogens with zero attached hydrogens (tertiary/aromatic N) is 4. The van der Waals surface area contributed by atoms with Gasteiger partial charge >= 0.3 is 0 Å². The number of hydrogen-bond donors (Lipinski definition) is 0. The lowest BCUT2D eigenvalue weighted by Gasteiger charge is -1.95. The summed E-state index contributed by atoms with van der Waals surface area (Å²) < 4.78 is 4.15. The largest absolute Gasteiger partial charge is 0.337 e. The normalized spacial score (nSPS) is 9.75. The Labute approximate surface area is 97.0 Å². The smallest absolute Gasteiger partial charge is 0.0949 e. The molecule has 0 fully saturated rings. The van der Waals surface area contributed by atoms with Crippen LogP contribution >= 0.6 is 0 Å². The third-order valence-electron chi connectivity index (χ3n) is 2.39. The van der Waals surface area contributed by atoms with Crippen LogP contribution in [0.4, 0.5) is 0 Å². The van der Waals surface area contributed by atoms with Gasteiger partial charge in [0.15, 0.2) is 0 Å². The van der Waals surface area contributed by atoms with E-state index in [1.54, 1.807) is 0 Å². The number of aromatic nitrogens is 4. The third-order valence-corrected chi connectivity index (χ3v) is 2.39. The van der Waals surface area contributed by atoms with Crippen molar-refractivity contribution in [1.82, 2.24) is 19.1 Å². The van der Waals surface area contributed by atoms with Crippen LogP contribution in [0.5, 0.6) is 0 Å². The lowest BCUT2D eigenvalue weighted by atomic mass is 10.5. The lowest BCUT2D eigenvalue weighted by molar-refractivity contribution is 0.737. The fourth-order valence-electron chi connectivity index (χ4n) is 1.36. The predicted octanol–water partition coefficient (Wildman–Crippen LogP) is 2.42. The fourth-order valence-corrected chi connectivity index (χ4v) is 1.36. The Bertz CT molecular complexity index is 414. The summed E-state index contributed by atoms with van der Waals surface area (Å²) in [7, 11) is 0. The Balaban J connectivity index is 0.000000160. The Morgan fingerprint density at radius 1 is 1.12 bits per heavy atom. The third kappa shape index (κ3) is 3.53. The zero-order valence-corrected chi connectivity index (χ0v) is 10.5. The first-order valence-electron chi connectivity index (χ1n) is 5.62. The Morgan fingerprint density at radius 2 is 1.88 bits per heavy atom. The minimum atomic E-state index is 1.01. The highest BCUT2D eigenvalue weighted by molar-refractivity contribution is 4.93. The minimum absolute atomic E-state index is 1.01. The zero-order valence-electron chi connectivity index (χ0n) is 10.5. The van der Waals surface area contributed by atoms with Crippen molar-refractivity contribution >= 4 is 0 Å². The van der Waals surface area contributed by atoms with Crippen LogP contribution in [0.3, 0.4) is 0 Å². The van der Waals surface area contributed by atoms with Crippen LogP contribution in [-0.2, 0) is 13.1 Å². The molecule has 0 unspecified atom stereocenters. The second-order valence-corrected chi connectivity index (χ2v) is 3.67. The molecule has 0 bridgehead atoms. The first kappa shape index (κ1) is 12.5. The van der Waals surface area contributed by atoms with Gasteiger partial charge in [0.1, 0.15) is 0 Å². The molecule has 0 aromatic carbocycles. The van der Waals surface area contributed by atoms with Crippen LogP contribution in [0.15, 0.2) is 25.0 Å². The van der Waals surface area contributed by atoms with Gasteiger partial charge in [0.05, 0.1) is 18.3 Å². The van der Waals surface area contributed by atoms with Gasteiger partial charge in [-0.3, -0.25) is 0 Å². The molecule has 0 aliphatic heterocycles. The van der Waals surface area contributed by atoms with E-state index in [2.05, 4.69) is 39.9 Å². The molecule has 0 saturated heterocycles. The average Bonchev–Trinajstić information content (AvgIpc) is 2.87. The molecule has 4 nitrogen and oxygen atoms in total. The summed E-state index contributed by atoms with van der Waals surface area (Å²) in [6.45, 7) is 10.3. The van der Waals surface area contributed by atoms with Crippen molar-refractivity contribution in [2.45, 2.75) is 40.8 Å². The summed E-state index contributed by atoms with van der Waals surface area (Å²) in [6, 6.07) is 0. The summed E-state index contributed by atoms with van der Waals surface area (Å²) in [5.41, 5.74) is 2.32. The molecule has 0 atom stereocenters. The van der Waals surface area contributed by atoms with Gasteiger partial charge in [0.2, 0.25) is 0 Å². The first-order chi connectivity index (χ1) is 7.67. The van der Waals surface area contributed by atoms with Crippen LogP contribution in [0.25, 0.3) is 0 Å². The van der Waals surface area contributed by atoms with Crippen LogP contribution in [0, 0.1) is 13.8 Å². The summed E-state index contributed by atoms with van der Waals surface area (Å²) in [4.78, 5) is 8.01. The SMILES string of the molecule is CCn1cnc(C)c1.CCn1cncc1C. The molecule has 0 N–H and O–H groups in total. The summed E-state index contributed by atoms with van der Waals surface area (Å²) in [5.74, 6) is 0. The molecule has 0 aliphatic carbocycles. The summed E-state index contributed by atoms with van der Waals surface area (Å²) in [5, 5.41) is 0. The Morgan fingerprint density at radius 3 is 2.12 bits per heavy atom. The van der Waals surface area contributed by atoms with Crippen LogP contribution in [0.2, 0.25) is 0 Å². The highest BCUT2D eigenvalue weighted by Crippen LogP contribution is 1.93. The maximum Gasteiger partial charge on any atom is 0.0949 e. The van der Waals surface area contributed by atoms with Crippen molar-refractivity contribution in [3.05, 3.63) is 36.4 Å². The molecule has 88 valence electrons. The maximum absolute atomic E-state index is 4.05. The first-order valence-corrected chi connectivity index (χ1v) is 5.62. The van der Waals surface area contributed by atoms with E-state index in [0.717, 1.165) is 18.8 Å². The number of aryl methyl sites for hydroxylation is 4. The van der Waals surface area contributed by atoms with Crippen molar-refractivity contribution < 1.29 is 0 Å². The number of hydrogen-bond acceptors (Lipinski definition) is 2. The van der Waals surface area contributed by atoms with Gasteiger partial charge in [-0.2, -0.15) is 0 Å². The summed E-state index contributed by atoms with van der Waals surface area (Å²) in [6.07, 6.45) is 7.58. The van der Waals surface area contributed by atoms with E-state index < -0.39 is 0 Å². The Kier molecular flexibility index (Phi) is 4.76. The molecule has 0 saturated carbocycles. The number of rotatable bonds is 2. The van der Waals surface area contributed by atoms with Crippen LogP contribution in [-0.4, -0.2) is 19.1 Å². The summed E-state index contributed by atoms with van der Waals surface area (Å²) >= 11 is 0. The molecule has 4 heteroatoms. The second kappa shape index (κ2) is 6.10. The quantitative estimate of drug-likeness (QED) is 0.779. The van der Waals surface area contributed by atoms with E-state index in [-0.39, 0.29) is 0 Å². The van der Waals surface area contributed by atoms with E-state index >= 15 is 0 Å². The molecule has 2 heterocycles. The lowest BCUT2D eigenvalue weighted by Crippen LogP contribution is -1.92. The standard InChI is InChI=1S/2C6H10N2/c1-3-8-4-6(2)7-5-8;1-3-8-5-7-4-6(8)2/h2*4-5H,3H2,1-2H3. The molecular weight excluding hydrogens is 200 g/mol. The minimum Gasteiger partial charge on any atom is -0.337 e. The molecule has 0 radical (unpaired) electrons. The van der Waals surface area contributed by atoms with E-state index in [9.17, 15) is 0 Å². The fraction of sp³-hybridized carbons (Fsp3) is 0.500. The van der Waals surface area contributed by atoms with Crippen molar-refractivity contribution in [2.75, 3.05) is 0 Å².